The molecule has 0 aliphatic carbocycles. The van der Waals surface area contributed by atoms with Crippen LogP contribution in [0.1, 0.15) is 10.4 Å². The molecule has 2 aromatic carbocycles. The van der Waals surface area contributed by atoms with E-state index in [-0.39, 0.29) is 5.56 Å². The minimum atomic E-state index is -0.521. The van der Waals surface area contributed by atoms with E-state index >= 15 is 0 Å². The molecule has 0 radical (unpaired) electrons. The molecule has 10 heteroatoms. The van der Waals surface area contributed by atoms with Crippen LogP contribution in [0.15, 0.2) is 78.2 Å². The lowest BCUT2D eigenvalue weighted by molar-refractivity contribution is 0.102. The van der Waals surface area contributed by atoms with E-state index in [2.05, 4.69) is 15.3 Å². The van der Waals surface area contributed by atoms with Crippen LogP contribution in [-0.4, -0.2) is 37.0 Å². The van der Waals surface area contributed by atoms with Gasteiger partial charge < -0.3 is 20.2 Å². The van der Waals surface area contributed by atoms with Gasteiger partial charge in [0.15, 0.2) is 0 Å². The van der Waals surface area contributed by atoms with Crippen molar-refractivity contribution in [1.29, 1.82) is 0 Å². The van der Waals surface area contributed by atoms with E-state index in [9.17, 15) is 14.0 Å². The molecule has 0 saturated carbocycles. The Labute approximate surface area is 222 Å². The van der Waals surface area contributed by atoms with E-state index in [0.29, 0.717) is 29.2 Å². The number of nitrogens with two attached hydrogens (primary N) is 1. The number of hydrogen-bond acceptors (Lipinski definition) is 6. The molecule has 0 aliphatic rings. The van der Waals surface area contributed by atoms with E-state index in [1.807, 2.05) is 40.8 Å². The lowest BCUT2D eigenvalue weighted by Gasteiger charge is -2.13. The van der Waals surface area contributed by atoms with Gasteiger partial charge in [0.05, 0.1) is 5.39 Å². The number of aryl methyl sites for hydroxylation is 2. The summed E-state index contributed by atoms with van der Waals surface area (Å²) in [5.41, 5.74) is 9.61. The number of aromatic nitrogens is 4. The number of thioether (sulfide) groups is 1. The number of pyridine rings is 1. The highest BCUT2D eigenvalue weighted by Crippen LogP contribution is 2.32. The minimum Gasteiger partial charge on any atom is -0.383 e. The standard InChI is InChI=1S/C28H25FN6O2S/c1-34-13-21(24-26(30)31-16-32-27(24)34)17-5-9-20(10-6-17)33-28(37)23-15-35(11-12-38-2)14-22(25(23)36)18-3-7-19(29)8-4-18/h3-10,13-16H,11-12H2,1-2H3,(H,33,37)(H2,30,31,32). The lowest BCUT2D eigenvalue weighted by atomic mass is 10.0. The van der Waals surface area contributed by atoms with Crippen molar-refractivity contribution in [2.75, 3.05) is 23.1 Å². The first-order chi connectivity index (χ1) is 18.4. The summed E-state index contributed by atoms with van der Waals surface area (Å²) in [6.07, 6.45) is 8.62. The second-order valence-electron chi connectivity index (χ2n) is 8.79. The van der Waals surface area contributed by atoms with Gasteiger partial charge in [-0.05, 0) is 41.6 Å². The zero-order chi connectivity index (χ0) is 26.8. The van der Waals surface area contributed by atoms with Crippen LogP contribution in [-0.2, 0) is 13.6 Å². The highest BCUT2D eigenvalue weighted by atomic mass is 32.2. The van der Waals surface area contributed by atoms with Gasteiger partial charge in [-0.2, -0.15) is 11.8 Å². The van der Waals surface area contributed by atoms with Gasteiger partial charge in [0, 0.05) is 54.8 Å². The van der Waals surface area contributed by atoms with E-state index in [1.165, 1.54) is 30.6 Å². The first-order valence-electron chi connectivity index (χ1n) is 11.8. The first-order valence-corrected chi connectivity index (χ1v) is 13.2. The second-order valence-corrected chi connectivity index (χ2v) is 9.78. The topological polar surface area (TPSA) is 108 Å². The maximum atomic E-state index is 13.5. The molecule has 0 saturated heterocycles. The Morgan fingerprint density at radius 2 is 1.68 bits per heavy atom. The average molecular weight is 529 g/mol. The van der Waals surface area contributed by atoms with Crippen molar-refractivity contribution in [3.63, 3.8) is 0 Å². The molecule has 192 valence electrons. The van der Waals surface area contributed by atoms with Gasteiger partial charge in [-0.25, -0.2) is 14.4 Å². The monoisotopic (exact) mass is 528 g/mol. The number of fused-ring (bicyclic) bond motifs is 1. The maximum Gasteiger partial charge on any atom is 0.261 e. The molecule has 5 rings (SSSR count). The molecule has 0 atom stereocenters. The summed E-state index contributed by atoms with van der Waals surface area (Å²) in [5.74, 6) is 0.277. The minimum absolute atomic E-state index is 0.0102. The Balaban J connectivity index is 1.45. The fraction of sp³-hybridized carbons (Fsp3) is 0.143. The molecule has 5 aromatic rings. The number of carbonyl (C=O) groups is 1. The van der Waals surface area contributed by atoms with Crippen LogP contribution < -0.4 is 16.5 Å². The number of rotatable bonds is 7. The molecule has 3 N–H and O–H groups in total. The quantitative estimate of drug-likeness (QED) is 0.314. The van der Waals surface area contributed by atoms with Crippen LogP contribution in [0, 0.1) is 5.82 Å². The number of anilines is 2. The van der Waals surface area contributed by atoms with Crippen LogP contribution in [0.25, 0.3) is 33.3 Å². The number of benzene rings is 2. The molecule has 3 aromatic heterocycles. The molecular weight excluding hydrogens is 503 g/mol. The number of nitrogen functional groups attached to an aromatic ring is 1. The highest BCUT2D eigenvalue weighted by molar-refractivity contribution is 7.98. The van der Waals surface area contributed by atoms with Crippen molar-refractivity contribution >= 4 is 40.2 Å². The summed E-state index contributed by atoms with van der Waals surface area (Å²) in [6, 6.07) is 12.9. The number of hydrogen-bond donors (Lipinski definition) is 2. The van der Waals surface area contributed by atoms with Crippen LogP contribution in [0.2, 0.25) is 0 Å². The number of nitrogens with one attached hydrogen (secondary N) is 1. The van der Waals surface area contributed by atoms with Crippen LogP contribution in [0.5, 0.6) is 0 Å². The van der Waals surface area contributed by atoms with E-state index in [0.717, 1.165) is 27.9 Å². The third-order valence-electron chi connectivity index (χ3n) is 6.27. The summed E-state index contributed by atoms with van der Waals surface area (Å²) < 4.78 is 17.2. The summed E-state index contributed by atoms with van der Waals surface area (Å²) in [4.78, 5) is 35.0. The molecule has 0 bridgehead atoms. The van der Waals surface area contributed by atoms with Crippen molar-refractivity contribution in [3.8, 4) is 22.3 Å². The molecule has 3 heterocycles. The third-order valence-corrected chi connectivity index (χ3v) is 6.86. The SMILES string of the molecule is CSCCn1cc(C(=O)Nc2ccc(-c3cn(C)c4ncnc(N)c34)cc2)c(=O)c(-c2ccc(F)cc2)c1. The van der Waals surface area contributed by atoms with Gasteiger partial charge in [0.2, 0.25) is 5.43 Å². The van der Waals surface area contributed by atoms with Gasteiger partial charge >= 0.3 is 0 Å². The Morgan fingerprint density at radius 3 is 2.39 bits per heavy atom. The van der Waals surface area contributed by atoms with Crippen molar-refractivity contribution in [3.05, 3.63) is 95.1 Å². The number of amides is 1. The smallest absolute Gasteiger partial charge is 0.261 e. The fourth-order valence-electron chi connectivity index (χ4n) is 4.34. The van der Waals surface area contributed by atoms with Gasteiger partial charge in [-0.1, -0.05) is 24.3 Å². The van der Waals surface area contributed by atoms with Crippen molar-refractivity contribution < 1.29 is 9.18 Å². The lowest BCUT2D eigenvalue weighted by Crippen LogP contribution is -2.25. The van der Waals surface area contributed by atoms with E-state index in [4.69, 9.17) is 5.73 Å². The normalized spacial score (nSPS) is 11.1. The highest BCUT2D eigenvalue weighted by Gasteiger charge is 2.18. The fourth-order valence-corrected chi connectivity index (χ4v) is 4.73. The molecule has 8 nitrogen and oxygen atoms in total. The second kappa shape index (κ2) is 10.5. The van der Waals surface area contributed by atoms with Gasteiger partial charge in [-0.3, -0.25) is 9.59 Å². The Morgan fingerprint density at radius 1 is 1.00 bits per heavy atom. The van der Waals surface area contributed by atoms with Crippen LogP contribution >= 0.6 is 11.8 Å². The van der Waals surface area contributed by atoms with Gasteiger partial charge in [0.1, 0.15) is 29.2 Å². The molecule has 0 fully saturated rings. The largest absolute Gasteiger partial charge is 0.383 e. The summed E-state index contributed by atoms with van der Waals surface area (Å²) in [5, 5.41) is 3.59. The van der Waals surface area contributed by atoms with E-state index in [1.54, 1.807) is 36.3 Å². The number of nitrogens with zero attached hydrogens (tertiary/aromatic N) is 4. The molecule has 0 aliphatic heterocycles. The first kappa shape index (κ1) is 25.2. The molecular formula is C28H25FN6O2S. The summed E-state index contributed by atoms with van der Waals surface area (Å²) >= 11 is 1.66. The van der Waals surface area contributed by atoms with Gasteiger partial charge in [0.25, 0.3) is 5.91 Å². The Bertz CT molecular complexity index is 1690. The zero-order valence-corrected chi connectivity index (χ0v) is 21.6. The third kappa shape index (κ3) is 4.90. The molecule has 0 spiro atoms. The van der Waals surface area contributed by atoms with Crippen LogP contribution in [0.3, 0.4) is 0 Å². The van der Waals surface area contributed by atoms with Gasteiger partial charge in [-0.15, -0.1) is 0 Å². The van der Waals surface area contributed by atoms with Crippen molar-refractivity contribution in [2.45, 2.75) is 6.54 Å². The average Bonchev–Trinajstić information content (AvgIpc) is 3.26. The summed E-state index contributed by atoms with van der Waals surface area (Å²) in [7, 11) is 1.89. The number of carbonyl (C=O) groups excluding carboxylic acids is 1. The molecule has 38 heavy (non-hydrogen) atoms. The van der Waals surface area contributed by atoms with Crippen molar-refractivity contribution in [2.24, 2.45) is 7.05 Å². The molecule has 1 amide bonds. The van der Waals surface area contributed by atoms with Crippen LogP contribution in [0.4, 0.5) is 15.9 Å². The molecule has 0 unspecified atom stereocenters. The summed E-state index contributed by atoms with van der Waals surface area (Å²) in [6.45, 7) is 0.614. The zero-order valence-electron chi connectivity index (χ0n) is 20.8. The predicted octanol–water partition coefficient (Wildman–Crippen LogP) is 4.80. The Kier molecular flexibility index (Phi) is 6.97. The Hall–Kier alpha value is -4.44. The predicted molar refractivity (Wildman–Crippen MR) is 151 cm³/mol. The van der Waals surface area contributed by atoms with Crippen molar-refractivity contribution in [1.82, 2.24) is 19.1 Å². The van der Waals surface area contributed by atoms with E-state index < -0.39 is 17.2 Å². The number of halogens is 1. The maximum absolute atomic E-state index is 13.5.